The van der Waals surface area contributed by atoms with E-state index in [0.29, 0.717) is 18.1 Å². The molecule has 3 fully saturated rings. The van der Waals surface area contributed by atoms with Gasteiger partial charge >= 0.3 is 0 Å². The third-order valence-electron chi connectivity index (χ3n) is 5.45. The molecule has 6 unspecified atom stereocenters. The third kappa shape index (κ3) is 2.38. The minimum atomic E-state index is 0.427. The molecule has 2 bridgehead atoms. The summed E-state index contributed by atoms with van der Waals surface area (Å²) in [6, 6.07) is 0.476. The van der Waals surface area contributed by atoms with E-state index in [4.69, 9.17) is 10.6 Å². The molecule has 1 aliphatic heterocycles. The van der Waals surface area contributed by atoms with Gasteiger partial charge in [-0.1, -0.05) is 6.42 Å². The van der Waals surface area contributed by atoms with Crippen LogP contribution in [0.15, 0.2) is 0 Å². The Bertz CT molecular complexity index is 271. The normalized spacial score (nSPS) is 46.6. The van der Waals surface area contributed by atoms with E-state index < -0.39 is 0 Å². The molecule has 3 nitrogen and oxygen atoms in total. The maximum atomic E-state index is 5.77. The van der Waals surface area contributed by atoms with Crippen molar-refractivity contribution in [3.8, 4) is 0 Å². The Balaban J connectivity index is 1.55. The first kappa shape index (κ1) is 11.9. The van der Waals surface area contributed by atoms with Gasteiger partial charge in [0.15, 0.2) is 0 Å². The van der Waals surface area contributed by atoms with Gasteiger partial charge in [-0.25, -0.2) is 0 Å². The predicted molar refractivity (Wildman–Crippen MR) is 68.2 cm³/mol. The highest BCUT2D eigenvalue weighted by Crippen LogP contribution is 2.50. The van der Waals surface area contributed by atoms with E-state index in [1.165, 1.54) is 38.5 Å². The van der Waals surface area contributed by atoms with Gasteiger partial charge in [0.1, 0.15) is 0 Å². The van der Waals surface area contributed by atoms with Crippen LogP contribution in [0.25, 0.3) is 0 Å². The fraction of sp³-hybridized carbons (Fsp3) is 1.00. The van der Waals surface area contributed by atoms with E-state index in [1.54, 1.807) is 0 Å². The SMILES string of the molecule is CC1CC(C(CC2CC3CCC2C3)NN)CO1. The van der Waals surface area contributed by atoms with E-state index in [-0.39, 0.29) is 0 Å². The zero-order valence-corrected chi connectivity index (χ0v) is 10.9. The minimum absolute atomic E-state index is 0.427. The number of nitrogens with one attached hydrogen (secondary N) is 1. The standard InChI is InChI=1S/C14H26N2O/c1-9-4-13(8-17-9)14(16-15)7-12-6-10-2-3-11(12)5-10/h9-14,16H,2-8,15H2,1H3. The van der Waals surface area contributed by atoms with Crippen LogP contribution in [0.5, 0.6) is 0 Å². The van der Waals surface area contributed by atoms with Crippen LogP contribution in [-0.4, -0.2) is 18.8 Å². The molecule has 3 heteroatoms. The molecule has 1 saturated heterocycles. The summed E-state index contributed by atoms with van der Waals surface area (Å²) in [5.74, 6) is 9.39. The first-order chi connectivity index (χ1) is 8.26. The van der Waals surface area contributed by atoms with E-state index in [1.807, 2.05) is 0 Å². The lowest BCUT2D eigenvalue weighted by Crippen LogP contribution is -2.43. The Labute approximate surface area is 104 Å². The van der Waals surface area contributed by atoms with Crippen molar-refractivity contribution in [3.63, 3.8) is 0 Å². The van der Waals surface area contributed by atoms with Crippen molar-refractivity contribution in [2.24, 2.45) is 29.5 Å². The van der Waals surface area contributed by atoms with Crippen molar-refractivity contribution in [1.82, 2.24) is 5.43 Å². The fourth-order valence-corrected chi connectivity index (χ4v) is 4.52. The molecule has 3 rings (SSSR count). The second-order valence-electron chi connectivity index (χ2n) is 6.58. The number of hydrazine groups is 1. The molecule has 0 amide bonds. The van der Waals surface area contributed by atoms with Crippen LogP contribution in [0.4, 0.5) is 0 Å². The molecule has 0 radical (unpaired) electrons. The number of hydrogen-bond donors (Lipinski definition) is 2. The molecule has 3 N–H and O–H groups in total. The molecule has 0 aromatic carbocycles. The molecule has 1 heterocycles. The molecule has 3 aliphatic rings. The molecule has 17 heavy (non-hydrogen) atoms. The van der Waals surface area contributed by atoms with Crippen LogP contribution >= 0.6 is 0 Å². The topological polar surface area (TPSA) is 47.3 Å². The quantitative estimate of drug-likeness (QED) is 0.582. The predicted octanol–water partition coefficient (Wildman–Crippen LogP) is 2.07. The second-order valence-corrected chi connectivity index (χ2v) is 6.58. The van der Waals surface area contributed by atoms with Crippen LogP contribution in [0.1, 0.15) is 45.4 Å². The van der Waals surface area contributed by atoms with Crippen molar-refractivity contribution in [2.45, 2.75) is 57.6 Å². The fourth-order valence-electron chi connectivity index (χ4n) is 4.52. The van der Waals surface area contributed by atoms with Gasteiger partial charge in [0.05, 0.1) is 12.7 Å². The zero-order valence-electron chi connectivity index (χ0n) is 10.9. The molecule has 6 atom stereocenters. The Kier molecular flexibility index (Phi) is 3.42. The van der Waals surface area contributed by atoms with Gasteiger partial charge in [0.2, 0.25) is 0 Å². The average Bonchev–Trinajstić information content (AvgIpc) is 3.01. The highest BCUT2D eigenvalue weighted by Gasteiger charge is 2.41. The van der Waals surface area contributed by atoms with Crippen molar-refractivity contribution < 1.29 is 4.74 Å². The number of rotatable bonds is 4. The first-order valence-electron chi connectivity index (χ1n) is 7.34. The molecule has 0 aromatic heterocycles. The summed E-state index contributed by atoms with van der Waals surface area (Å²) in [6.45, 7) is 3.07. The lowest BCUT2D eigenvalue weighted by atomic mass is 9.81. The Hall–Kier alpha value is -0.120. The highest BCUT2D eigenvalue weighted by molar-refractivity contribution is 4.93. The second kappa shape index (κ2) is 4.87. The van der Waals surface area contributed by atoms with Crippen LogP contribution in [0.2, 0.25) is 0 Å². The maximum Gasteiger partial charge on any atom is 0.0551 e. The smallest absolute Gasteiger partial charge is 0.0551 e. The molecule has 0 spiro atoms. The Morgan fingerprint density at radius 1 is 1.29 bits per heavy atom. The molecule has 0 aromatic rings. The van der Waals surface area contributed by atoms with E-state index in [2.05, 4.69) is 12.3 Å². The lowest BCUT2D eigenvalue weighted by Gasteiger charge is -2.29. The summed E-state index contributed by atoms with van der Waals surface area (Å²) in [4.78, 5) is 0. The summed E-state index contributed by atoms with van der Waals surface area (Å²) in [5.41, 5.74) is 3.07. The van der Waals surface area contributed by atoms with Crippen molar-refractivity contribution in [3.05, 3.63) is 0 Å². The first-order valence-corrected chi connectivity index (χ1v) is 7.34. The van der Waals surface area contributed by atoms with Gasteiger partial charge in [-0.15, -0.1) is 0 Å². The maximum absolute atomic E-state index is 5.77. The minimum Gasteiger partial charge on any atom is -0.378 e. The summed E-state index contributed by atoms with van der Waals surface area (Å²) in [5, 5.41) is 0. The van der Waals surface area contributed by atoms with Gasteiger partial charge < -0.3 is 4.74 Å². The number of hydrogen-bond acceptors (Lipinski definition) is 3. The zero-order chi connectivity index (χ0) is 11.8. The van der Waals surface area contributed by atoms with Gasteiger partial charge in [-0.05, 0) is 56.8 Å². The van der Waals surface area contributed by atoms with Gasteiger partial charge in [0, 0.05) is 12.0 Å². The van der Waals surface area contributed by atoms with Crippen LogP contribution in [-0.2, 0) is 4.74 Å². The highest BCUT2D eigenvalue weighted by atomic mass is 16.5. The van der Waals surface area contributed by atoms with Gasteiger partial charge in [-0.3, -0.25) is 11.3 Å². The number of nitrogens with two attached hydrogens (primary N) is 1. The number of ether oxygens (including phenoxy) is 1. The van der Waals surface area contributed by atoms with Crippen molar-refractivity contribution in [1.29, 1.82) is 0 Å². The van der Waals surface area contributed by atoms with Gasteiger partial charge in [-0.2, -0.15) is 0 Å². The van der Waals surface area contributed by atoms with Crippen molar-refractivity contribution in [2.75, 3.05) is 6.61 Å². The molecular formula is C14H26N2O. The average molecular weight is 238 g/mol. The molecule has 2 saturated carbocycles. The van der Waals surface area contributed by atoms with E-state index >= 15 is 0 Å². The van der Waals surface area contributed by atoms with E-state index in [9.17, 15) is 0 Å². The Morgan fingerprint density at radius 3 is 2.71 bits per heavy atom. The molecular weight excluding hydrogens is 212 g/mol. The summed E-state index contributed by atoms with van der Waals surface area (Å²) >= 11 is 0. The molecule has 2 aliphatic carbocycles. The van der Waals surface area contributed by atoms with Crippen LogP contribution in [0.3, 0.4) is 0 Å². The lowest BCUT2D eigenvalue weighted by molar-refractivity contribution is 0.114. The van der Waals surface area contributed by atoms with Crippen LogP contribution < -0.4 is 11.3 Å². The number of fused-ring (bicyclic) bond motifs is 2. The Morgan fingerprint density at radius 2 is 2.18 bits per heavy atom. The van der Waals surface area contributed by atoms with Crippen molar-refractivity contribution >= 4 is 0 Å². The monoisotopic (exact) mass is 238 g/mol. The van der Waals surface area contributed by atoms with E-state index in [0.717, 1.165) is 24.4 Å². The largest absolute Gasteiger partial charge is 0.378 e. The summed E-state index contributed by atoms with van der Waals surface area (Å²) < 4.78 is 5.68. The van der Waals surface area contributed by atoms with Crippen LogP contribution in [0, 0.1) is 23.7 Å². The summed E-state index contributed by atoms with van der Waals surface area (Å²) in [7, 11) is 0. The summed E-state index contributed by atoms with van der Waals surface area (Å²) in [6.07, 6.45) is 8.81. The van der Waals surface area contributed by atoms with Gasteiger partial charge in [0.25, 0.3) is 0 Å². The molecule has 98 valence electrons. The third-order valence-corrected chi connectivity index (χ3v) is 5.45.